The molecule has 0 saturated carbocycles. The number of nitrogens with zero attached hydrogens (tertiary/aromatic N) is 3. The monoisotopic (exact) mass is 275 g/mol. The van der Waals surface area contributed by atoms with Crippen LogP contribution in [0.2, 0.25) is 0 Å². The van der Waals surface area contributed by atoms with Gasteiger partial charge in [0.05, 0.1) is 0 Å². The summed E-state index contributed by atoms with van der Waals surface area (Å²) in [5.74, 6) is 2.57. The quantitative estimate of drug-likeness (QED) is 0.140. The summed E-state index contributed by atoms with van der Waals surface area (Å²) in [4.78, 5) is 2.74. The molecule has 0 aromatic heterocycles. The maximum absolute atomic E-state index is 8.10. The Bertz CT molecular complexity index is 194. The second-order valence-corrected chi connectivity index (χ2v) is 6.78. The van der Waals surface area contributed by atoms with Crippen molar-refractivity contribution in [1.82, 2.24) is 0 Å². The molecular formula is C12H25N3S2. The van der Waals surface area contributed by atoms with Crippen LogP contribution in [0.25, 0.3) is 10.4 Å². The van der Waals surface area contributed by atoms with E-state index in [1.807, 2.05) is 21.6 Å². The fourth-order valence-electron chi connectivity index (χ4n) is 1.45. The zero-order chi connectivity index (χ0) is 12.6. The summed E-state index contributed by atoms with van der Waals surface area (Å²) in [6.45, 7) is 2.92. The van der Waals surface area contributed by atoms with Crippen molar-refractivity contribution in [3.05, 3.63) is 10.4 Å². The highest BCUT2D eigenvalue weighted by Gasteiger charge is 1.93. The topological polar surface area (TPSA) is 48.8 Å². The van der Waals surface area contributed by atoms with Crippen molar-refractivity contribution in [1.29, 1.82) is 0 Å². The highest BCUT2D eigenvalue weighted by atomic mass is 33.1. The molecule has 5 heteroatoms. The van der Waals surface area contributed by atoms with Crippen molar-refractivity contribution in [2.75, 3.05) is 18.1 Å². The van der Waals surface area contributed by atoms with E-state index in [0.29, 0.717) is 6.54 Å². The summed E-state index contributed by atoms with van der Waals surface area (Å²) in [6.07, 6.45) is 10.3. The molecule has 0 N–H and O–H groups in total. The maximum Gasteiger partial charge on any atom is 0.0257 e. The SMILES string of the molecule is CCCCCCSSCCCCCCN=[N+]=[N-]. The molecule has 0 unspecified atom stereocenters. The van der Waals surface area contributed by atoms with Crippen molar-refractivity contribution in [3.8, 4) is 0 Å². The highest BCUT2D eigenvalue weighted by Crippen LogP contribution is 2.24. The van der Waals surface area contributed by atoms with Crippen LogP contribution in [0.3, 0.4) is 0 Å². The minimum atomic E-state index is 0.663. The van der Waals surface area contributed by atoms with Crippen LogP contribution in [0.5, 0.6) is 0 Å². The third-order valence-corrected chi connectivity index (χ3v) is 5.04. The molecule has 0 aromatic rings. The number of hydrogen-bond donors (Lipinski definition) is 0. The Morgan fingerprint density at radius 3 is 2.06 bits per heavy atom. The minimum Gasteiger partial charge on any atom is -0.0942 e. The summed E-state index contributed by atoms with van der Waals surface area (Å²) in [5, 5.41) is 3.53. The first-order chi connectivity index (χ1) is 8.41. The molecule has 0 spiro atoms. The lowest BCUT2D eigenvalue weighted by Crippen LogP contribution is -1.84. The van der Waals surface area contributed by atoms with Crippen LogP contribution in [0.1, 0.15) is 58.3 Å². The second-order valence-electron chi connectivity index (χ2n) is 4.07. The van der Waals surface area contributed by atoms with Crippen molar-refractivity contribution >= 4 is 21.6 Å². The molecule has 100 valence electrons. The predicted molar refractivity (Wildman–Crippen MR) is 81.5 cm³/mol. The summed E-state index contributed by atoms with van der Waals surface area (Å²) in [5.41, 5.74) is 8.10. The van der Waals surface area contributed by atoms with Gasteiger partial charge in [0, 0.05) is 23.0 Å². The normalized spacial score (nSPS) is 10.2. The molecule has 17 heavy (non-hydrogen) atoms. The van der Waals surface area contributed by atoms with E-state index in [-0.39, 0.29) is 0 Å². The summed E-state index contributed by atoms with van der Waals surface area (Å²) < 4.78 is 0. The smallest absolute Gasteiger partial charge is 0.0257 e. The third kappa shape index (κ3) is 16.0. The van der Waals surface area contributed by atoms with Gasteiger partial charge in [0.15, 0.2) is 0 Å². The van der Waals surface area contributed by atoms with Gasteiger partial charge in [-0.05, 0) is 24.8 Å². The van der Waals surface area contributed by atoms with E-state index in [1.54, 1.807) is 0 Å². The molecule has 0 atom stereocenters. The lowest BCUT2D eigenvalue weighted by molar-refractivity contribution is 0.677. The lowest BCUT2D eigenvalue weighted by atomic mass is 10.2. The van der Waals surface area contributed by atoms with E-state index in [4.69, 9.17) is 5.53 Å². The van der Waals surface area contributed by atoms with Gasteiger partial charge in [-0.1, -0.05) is 65.7 Å². The largest absolute Gasteiger partial charge is 0.0942 e. The first-order valence-electron chi connectivity index (χ1n) is 6.67. The Morgan fingerprint density at radius 2 is 1.47 bits per heavy atom. The average Bonchev–Trinajstić information content (AvgIpc) is 2.35. The molecule has 0 saturated heterocycles. The second kappa shape index (κ2) is 16.0. The Morgan fingerprint density at radius 1 is 0.882 bits per heavy atom. The number of unbranched alkanes of at least 4 members (excludes halogenated alkanes) is 6. The highest BCUT2D eigenvalue weighted by molar-refractivity contribution is 8.76. The predicted octanol–water partition coefficient (Wildman–Crippen LogP) is 5.82. The molecule has 0 rings (SSSR count). The zero-order valence-corrected chi connectivity index (χ0v) is 12.6. The van der Waals surface area contributed by atoms with Gasteiger partial charge < -0.3 is 0 Å². The van der Waals surface area contributed by atoms with E-state index in [2.05, 4.69) is 16.9 Å². The van der Waals surface area contributed by atoms with Crippen LogP contribution >= 0.6 is 21.6 Å². The fraction of sp³-hybridized carbons (Fsp3) is 1.00. The van der Waals surface area contributed by atoms with E-state index in [9.17, 15) is 0 Å². The maximum atomic E-state index is 8.10. The molecule has 0 bridgehead atoms. The third-order valence-electron chi connectivity index (χ3n) is 2.46. The van der Waals surface area contributed by atoms with Crippen LogP contribution in [0.4, 0.5) is 0 Å². The molecule has 0 amide bonds. The summed E-state index contributed by atoms with van der Waals surface area (Å²) in [7, 11) is 4.04. The lowest BCUT2D eigenvalue weighted by Gasteiger charge is -2.01. The van der Waals surface area contributed by atoms with Gasteiger partial charge in [-0.25, -0.2) is 0 Å². The fourth-order valence-corrected chi connectivity index (χ4v) is 3.74. The average molecular weight is 275 g/mol. The van der Waals surface area contributed by atoms with Crippen LogP contribution < -0.4 is 0 Å². The van der Waals surface area contributed by atoms with Crippen molar-refractivity contribution in [2.45, 2.75) is 58.3 Å². The van der Waals surface area contributed by atoms with Gasteiger partial charge in [-0.3, -0.25) is 0 Å². The van der Waals surface area contributed by atoms with E-state index in [0.717, 1.165) is 6.42 Å². The van der Waals surface area contributed by atoms with E-state index in [1.165, 1.54) is 56.5 Å². The Balaban J connectivity index is 2.91. The summed E-state index contributed by atoms with van der Waals surface area (Å²) >= 11 is 0. The Hall–Kier alpha value is 0.01000. The molecular weight excluding hydrogens is 250 g/mol. The van der Waals surface area contributed by atoms with E-state index < -0.39 is 0 Å². The number of azide groups is 1. The van der Waals surface area contributed by atoms with Crippen LogP contribution in [-0.2, 0) is 0 Å². The van der Waals surface area contributed by atoms with Crippen molar-refractivity contribution < 1.29 is 0 Å². The molecule has 0 radical (unpaired) electrons. The van der Waals surface area contributed by atoms with Crippen molar-refractivity contribution in [3.63, 3.8) is 0 Å². The van der Waals surface area contributed by atoms with Gasteiger partial charge in [-0.2, -0.15) is 0 Å². The first-order valence-corrected chi connectivity index (χ1v) is 9.16. The van der Waals surface area contributed by atoms with E-state index >= 15 is 0 Å². The zero-order valence-electron chi connectivity index (χ0n) is 10.9. The summed E-state index contributed by atoms with van der Waals surface area (Å²) in [6, 6.07) is 0. The minimum absolute atomic E-state index is 0.663. The van der Waals surface area contributed by atoms with Gasteiger partial charge >= 0.3 is 0 Å². The molecule has 0 aliphatic heterocycles. The van der Waals surface area contributed by atoms with Crippen molar-refractivity contribution in [2.24, 2.45) is 5.11 Å². The van der Waals surface area contributed by atoms with Crippen LogP contribution in [0.15, 0.2) is 5.11 Å². The Labute approximate surface area is 114 Å². The Kier molecular flexibility index (Phi) is 16.0. The van der Waals surface area contributed by atoms with Crippen LogP contribution in [-0.4, -0.2) is 18.1 Å². The van der Waals surface area contributed by atoms with Crippen LogP contribution in [0, 0.1) is 0 Å². The molecule has 0 heterocycles. The number of rotatable bonds is 13. The first kappa shape index (κ1) is 17.0. The van der Waals surface area contributed by atoms with Gasteiger partial charge in [-0.15, -0.1) is 0 Å². The number of hydrogen-bond acceptors (Lipinski definition) is 3. The molecule has 0 fully saturated rings. The van der Waals surface area contributed by atoms with Gasteiger partial charge in [0.1, 0.15) is 0 Å². The standard InChI is InChI=1S/C12H25N3S2/c1-2-3-4-8-11-16-17-12-9-6-5-7-10-14-15-13/h2-12H2,1H3. The molecule has 3 nitrogen and oxygen atoms in total. The van der Waals surface area contributed by atoms with Gasteiger partial charge in [0.2, 0.25) is 0 Å². The van der Waals surface area contributed by atoms with Gasteiger partial charge in [0.25, 0.3) is 0 Å². The molecule has 0 aliphatic rings. The molecule has 0 aliphatic carbocycles. The molecule has 0 aromatic carbocycles.